The third-order valence-corrected chi connectivity index (χ3v) is 3.85. The van der Waals surface area contributed by atoms with Crippen LogP contribution in [0.3, 0.4) is 0 Å². The van der Waals surface area contributed by atoms with Crippen molar-refractivity contribution in [1.82, 2.24) is 10.3 Å². The molecule has 0 spiro atoms. The molecule has 21 heavy (non-hydrogen) atoms. The second-order valence-corrected chi connectivity index (χ2v) is 5.39. The summed E-state index contributed by atoms with van der Waals surface area (Å²) in [7, 11) is 0. The lowest BCUT2D eigenvalue weighted by Gasteiger charge is -2.15. The number of ether oxygens (including phenoxy) is 1. The van der Waals surface area contributed by atoms with Crippen LogP contribution in [0.5, 0.6) is 0 Å². The van der Waals surface area contributed by atoms with Crippen molar-refractivity contribution in [1.29, 1.82) is 0 Å². The minimum Gasteiger partial charge on any atom is -0.368 e. The first-order valence-electron chi connectivity index (χ1n) is 7.38. The van der Waals surface area contributed by atoms with Gasteiger partial charge >= 0.3 is 0 Å². The Morgan fingerprint density at radius 2 is 2.38 bits per heavy atom. The van der Waals surface area contributed by atoms with Crippen LogP contribution in [-0.2, 0) is 20.9 Å². The molecule has 0 unspecified atom stereocenters. The Morgan fingerprint density at radius 3 is 3.10 bits per heavy atom. The van der Waals surface area contributed by atoms with E-state index in [0.29, 0.717) is 25.4 Å². The van der Waals surface area contributed by atoms with E-state index in [9.17, 15) is 9.59 Å². The number of anilines is 1. The van der Waals surface area contributed by atoms with Gasteiger partial charge in [-0.3, -0.25) is 14.5 Å². The first-order chi connectivity index (χ1) is 10.2. The fourth-order valence-electron chi connectivity index (χ4n) is 2.70. The zero-order chi connectivity index (χ0) is 14.7. The molecule has 0 saturated carbocycles. The zero-order valence-corrected chi connectivity index (χ0v) is 11.9. The average Bonchev–Trinajstić information content (AvgIpc) is 3.16. The number of nitrogens with one attached hydrogen (secondary N) is 1. The van der Waals surface area contributed by atoms with Crippen molar-refractivity contribution in [2.24, 2.45) is 0 Å². The van der Waals surface area contributed by atoms with Crippen molar-refractivity contribution >= 4 is 17.6 Å². The van der Waals surface area contributed by atoms with Crippen molar-refractivity contribution in [3.05, 3.63) is 23.9 Å². The Kier molecular flexibility index (Phi) is 4.15. The average molecular weight is 289 g/mol. The zero-order valence-electron chi connectivity index (χ0n) is 11.9. The topological polar surface area (TPSA) is 71.5 Å². The molecule has 6 nitrogen and oxygen atoms in total. The number of carbonyl (C=O) groups is 2. The van der Waals surface area contributed by atoms with E-state index in [2.05, 4.69) is 10.3 Å². The van der Waals surface area contributed by atoms with E-state index in [1.165, 1.54) is 0 Å². The van der Waals surface area contributed by atoms with Gasteiger partial charge in [0, 0.05) is 32.3 Å². The maximum Gasteiger partial charge on any atom is 0.249 e. The van der Waals surface area contributed by atoms with Crippen molar-refractivity contribution in [2.45, 2.75) is 38.3 Å². The highest BCUT2D eigenvalue weighted by atomic mass is 16.5. The Balaban J connectivity index is 1.60. The van der Waals surface area contributed by atoms with Crippen LogP contribution in [0.25, 0.3) is 0 Å². The smallest absolute Gasteiger partial charge is 0.249 e. The van der Waals surface area contributed by atoms with Crippen molar-refractivity contribution < 1.29 is 14.3 Å². The normalized spacial score (nSPS) is 21.8. The summed E-state index contributed by atoms with van der Waals surface area (Å²) in [6.45, 7) is 1.81. The van der Waals surface area contributed by atoms with Crippen LogP contribution in [0, 0.1) is 0 Å². The largest absolute Gasteiger partial charge is 0.368 e. The first-order valence-corrected chi connectivity index (χ1v) is 7.38. The number of hydrogen-bond acceptors (Lipinski definition) is 4. The van der Waals surface area contributed by atoms with Gasteiger partial charge in [-0.1, -0.05) is 0 Å². The molecule has 2 fully saturated rings. The van der Waals surface area contributed by atoms with Gasteiger partial charge in [0.2, 0.25) is 11.8 Å². The van der Waals surface area contributed by atoms with Crippen LogP contribution in [0.1, 0.15) is 31.2 Å². The lowest BCUT2D eigenvalue weighted by molar-refractivity contribution is -0.130. The number of nitrogens with zero attached hydrogens (tertiary/aromatic N) is 2. The fraction of sp³-hybridized carbons (Fsp3) is 0.533. The number of pyridine rings is 1. The summed E-state index contributed by atoms with van der Waals surface area (Å²) in [6.07, 6.45) is 4.55. The Bertz CT molecular complexity index is 541. The van der Waals surface area contributed by atoms with Gasteiger partial charge in [-0.05, 0) is 37.0 Å². The lowest BCUT2D eigenvalue weighted by atomic mass is 10.2. The number of carbonyl (C=O) groups excluding carboxylic acids is 2. The third-order valence-electron chi connectivity index (χ3n) is 3.85. The predicted octanol–water partition coefficient (Wildman–Crippen LogP) is 1.00. The molecule has 1 aromatic rings. The molecule has 0 aliphatic carbocycles. The number of amides is 2. The first kappa shape index (κ1) is 14.0. The summed E-state index contributed by atoms with van der Waals surface area (Å²) in [5.74, 6) is 0.715. The van der Waals surface area contributed by atoms with Crippen LogP contribution in [0.2, 0.25) is 0 Å². The minimum atomic E-state index is -0.313. The van der Waals surface area contributed by atoms with Gasteiger partial charge in [-0.25, -0.2) is 4.98 Å². The summed E-state index contributed by atoms with van der Waals surface area (Å²) in [5.41, 5.74) is 0.936. The van der Waals surface area contributed by atoms with E-state index in [1.54, 1.807) is 11.1 Å². The number of aromatic nitrogens is 1. The van der Waals surface area contributed by atoms with Crippen LogP contribution in [0.4, 0.5) is 5.82 Å². The Labute approximate surface area is 123 Å². The highest BCUT2D eigenvalue weighted by Gasteiger charge is 2.24. The van der Waals surface area contributed by atoms with Gasteiger partial charge in [0.15, 0.2) is 0 Å². The van der Waals surface area contributed by atoms with E-state index >= 15 is 0 Å². The molecule has 1 atom stereocenters. The Morgan fingerprint density at radius 1 is 1.48 bits per heavy atom. The van der Waals surface area contributed by atoms with E-state index < -0.39 is 0 Å². The standard InChI is InChI=1S/C15H19N3O3/c19-14-4-1-7-18(14)13-9-11(5-6-16-13)10-17-15(20)12-3-2-8-21-12/h5-6,9,12H,1-4,7-8,10H2,(H,17,20)/t12-/m1/s1. The summed E-state index contributed by atoms with van der Waals surface area (Å²) in [4.78, 5) is 29.6. The predicted molar refractivity (Wildman–Crippen MR) is 76.6 cm³/mol. The van der Waals surface area contributed by atoms with Gasteiger partial charge in [-0.15, -0.1) is 0 Å². The van der Waals surface area contributed by atoms with Gasteiger partial charge in [0.1, 0.15) is 11.9 Å². The molecule has 112 valence electrons. The molecule has 0 radical (unpaired) electrons. The van der Waals surface area contributed by atoms with Gasteiger partial charge in [0.05, 0.1) is 0 Å². The lowest BCUT2D eigenvalue weighted by Crippen LogP contribution is -2.33. The second-order valence-electron chi connectivity index (χ2n) is 5.39. The van der Waals surface area contributed by atoms with Crippen LogP contribution < -0.4 is 10.2 Å². The van der Waals surface area contributed by atoms with E-state index in [-0.39, 0.29) is 17.9 Å². The molecule has 0 bridgehead atoms. The molecule has 2 aliphatic rings. The van der Waals surface area contributed by atoms with Crippen LogP contribution in [-0.4, -0.2) is 36.1 Å². The van der Waals surface area contributed by atoms with Crippen molar-refractivity contribution in [3.8, 4) is 0 Å². The van der Waals surface area contributed by atoms with Crippen molar-refractivity contribution in [3.63, 3.8) is 0 Å². The molecular weight excluding hydrogens is 270 g/mol. The Hall–Kier alpha value is -1.95. The molecule has 2 aliphatic heterocycles. The maximum absolute atomic E-state index is 11.9. The molecule has 1 N–H and O–H groups in total. The molecule has 6 heteroatoms. The van der Waals surface area contributed by atoms with Crippen molar-refractivity contribution in [2.75, 3.05) is 18.1 Å². The summed E-state index contributed by atoms with van der Waals surface area (Å²) < 4.78 is 5.34. The number of hydrogen-bond donors (Lipinski definition) is 1. The van der Waals surface area contributed by atoms with E-state index in [1.807, 2.05) is 12.1 Å². The summed E-state index contributed by atoms with van der Waals surface area (Å²) >= 11 is 0. The molecule has 2 amide bonds. The highest BCUT2D eigenvalue weighted by Crippen LogP contribution is 2.19. The quantitative estimate of drug-likeness (QED) is 0.897. The fourth-order valence-corrected chi connectivity index (χ4v) is 2.70. The molecule has 3 rings (SSSR count). The maximum atomic E-state index is 11.9. The van der Waals surface area contributed by atoms with Gasteiger partial charge < -0.3 is 10.1 Å². The molecule has 1 aromatic heterocycles. The van der Waals surface area contributed by atoms with Crippen LogP contribution >= 0.6 is 0 Å². The third kappa shape index (κ3) is 3.21. The van der Waals surface area contributed by atoms with Gasteiger partial charge in [0.25, 0.3) is 0 Å². The van der Waals surface area contributed by atoms with E-state index in [0.717, 1.165) is 31.4 Å². The molecular formula is C15H19N3O3. The molecule has 0 aromatic carbocycles. The van der Waals surface area contributed by atoms with E-state index in [4.69, 9.17) is 4.74 Å². The highest BCUT2D eigenvalue weighted by molar-refractivity contribution is 5.94. The SMILES string of the molecule is O=C(NCc1ccnc(N2CCCC2=O)c1)[C@H]1CCCO1. The summed E-state index contributed by atoms with van der Waals surface area (Å²) in [5, 5.41) is 2.87. The molecule has 3 heterocycles. The monoisotopic (exact) mass is 289 g/mol. The second kappa shape index (κ2) is 6.22. The molecule has 2 saturated heterocycles. The van der Waals surface area contributed by atoms with Crippen LogP contribution in [0.15, 0.2) is 18.3 Å². The minimum absolute atomic E-state index is 0.0666. The number of rotatable bonds is 4. The van der Waals surface area contributed by atoms with Gasteiger partial charge in [-0.2, -0.15) is 0 Å². The summed E-state index contributed by atoms with van der Waals surface area (Å²) in [6, 6.07) is 3.71.